The van der Waals surface area contributed by atoms with Gasteiger partial charge in [-0.1, -0.05) is 36.4 Å². The molecule has 1 N–H and O–H groups in total. The Kier molecular flexibility index (Phi) is 4.60. The highest BCUT2D eigenvalue weighted by atomic mass is 16.5. The first kappa shape index (κ1) is 17.5. The molecule has 6 heteroatoms. The number of rotatable bonds is 4. The van der Waals surface area contributed by atoms with E-state index in [0.29, 0.717) is 27.9 Å². The van der Waals surface area contributed by atoms with Crippen molar-refractivity contribution in [2.45, 2.75) is 0 Å². The number of carbonyl (C=O) groups excluding carboxylic acids is 1. The van der Waals surface area contributed by atoms with Gasteiger partial charge in [-0.3, -0.25) is 9.59 Å². The summed E-state index contributed by atoms with van der Waals surface area (Å²) in [5.74, 6) is 0.297. The molecule has 0 radical (unpaired) electrons. The van der Waals surface area contributed by atoms with E-state index in [2.05, 4.69) is 10.4 Å². The lowest BCUT2D eigenvalue weighted by atomic mass is 10.1. The Morgan fingerprint density at radius 2 is 1.54 bits per heavy atom. The average molecular weight is 371 g/mol. The van der Waals surface area contributed by atoms with Gasteiger partial charge in [0.1, 0.15) is 5.75 Å². The Hall–Kier alpha value is -3.93. The molecule has 0 aliphatic rings. The minimum Gasteiger partial charge on any atom is -0.497 e. The van der Waals surface area contributed by atoms with Crippen molar-refractivity contribution in [1.82, 2.24) is 9.78 Å². The third kappa shape index (κ3) is 3.23. The lowest BCUT2D eigenvalue weighted by Gasteiger charge is -2.11. The van der Waals surface area contributed by atoms with Crippen LogP contribution >= 0.6 is 0 Å². The second-order valence-electron chi connectivity index (χ2n) is 6.13. The highest BCUT2D eigenvalue weighted by Crippen LogP contribution is 2.19. The zero-order valence-electron chi connectivity index (χ0n) is 15.1. The lowest BCUT2D eigenvalue weighted by molar-refractivity contribution is 0.102. The highest BCUT2D eigenvalue weighted by molar-refractivity contribution is 6.11. The van der Waals surface area contributed by atoms with Gasteiger partial charge in [0.25, 0.3) is 11.5 Å². The second-order valence-corrected chi connectivity index (χ2v) is 6.13. The molecule has 0 unspecified atom stereocenters. The number of amides is 1. The first-order valence-electron chi connectivity index (χ1n) is 8.70. The molecule has 0 aliphatic heterocycles. The van der Waals surface area contributed by atoms with Crippen LogP contribution < -0.4 is 15.6 Å². The van der Waals surface area contributed by atoms with Gasteiger partial charge in [0, 0.05) is 11.1 Å². The maximum absolute atomic E-state index is 13.0. The minimum atomic E-state index is -0.397. The van der Waals surface area contributed by atoms with E-state index in [9.17, 15) is 9.59 Å². The molecule has 1 aromatic heterocycles. The SMILES string of the molecule is COc1ccc(NC(=O)c2nn(-c3ccccc3)c(=O)c3ccccc23)cc1. The predicted molar refractivity (Wildman–Crippen MR) is 108 cm³/mol. The summed E-state index contributed by atoms with van der Waals surface area (Å²) in [5.41, 5.74) is 1.10. The molecule has 0 aliphatic carbocycles. The van der Waals surface area contributed by atoms with Crippen LogP contribution in [0.1, 0.15) is 10.5 Å². The molecule has 0 atom stereocenters. The number of ether oxygens (including phenoxy) is 1. The Bertz CT molecular complexity index is 1200. The summed E-state index contributed by atoms with van der Waals surface area (Å²) in [6.45, 7) is 0. The van der Waals surface area contributed by atoms with Gasteiger partial charge in [0.15, 0.2) is 5.69 Å². The molecule has 1 amide bonds. The van der Waals surface area contributed by atoms with Gasteiger partial charge < -0.3 is 10.1 Å². The zero-order valence-corrected chi connectivity index (χ0v) is 15.1. The van der Waals surface area contributed by atoms with Gasteiger partial charge in [-0.25, -0.2) is 0 Å². The van der Waals surface area contributed by atoms with Crippen LogP contribution in [0.4, 0.5) is 5.69 Å². The molecule has 1 heterocycles. The molecule has 3 aromatic carbocycles. The van der Waals surface area contributed by atoms with Gasteiger partial charge in [-0.2, -0.15) is 9.78 Å². The summed E-state index contributed by atoms with van der Waals surface area (Å²) < 4.78 is 6.39. The number of para-hydroxylation sites is 1. The summed E-state index contributed by atoms with van der Waals surface area (Å²) in [7, 11) is 1.58. The van der Waals surface area contributed by atoms with Crippen molar-refractivity contribution in [1.29, 1.82) is 0 Å². The smallest absolute Gasteiger partial charge is 0.279 e. The monoisotopic (exact) mass is 371 g/mol. The third-order valence-electron chi connectivity index (χ3n) is 4.37. The van der Waals surface area contributed by atoms with Crippen molar-refractivity contribution in [2.24, 2.45) is 0 Å². The number of anilines is 1. The summed E-state index contributed by atoms with van der Waals surface area (Å²) in [4.78, 5) is 25.8. The molecule has 0 fully saturated rings. The molecular formula is C22H17N3O3. The van der Waals surface area contributed by atoms with Crippen LogP contribution in [-0.4, -0.2) is 22.8 Å². The van der Waals surface area contributed by atoms with Crippen LogP contribution in [0.25, 0.3) is 16.5 Å². The van der Waals surface area contributed by atoms with E-state index in [-0.39, 0.29) is 11.3 Å². The van der Waals surface area contributed by atoms with Crippen molar-refractivity contribution in [3.63, 3.8) is 0 Å². The molecule has 138 valence electrons. The Balaban J connectivity index is 1.82. The zero-order chi connectivity index (χ0) is 19.5. The summed E-state index contributed by atoms with van der Waals surface area (Å²) in [6.07, 6.45) is 0. The van der Waals surface area contributed by atoms with E-state index >= 15 is 0 Å². The van der Waals surface area contributed by atoms with Crippen LogP contribution in [0.15, 0.2) is 83.7 Å². The number of fused-ring (bicyclic) bond motifs is 1. The Labute approximate surface area is 161 Å². The van der Waals surface area contributed by atoms with E-state index < -0.39 is 5.91 Å². The van der Waals surface area contributed by atoms with Gasteiger partial charge in [-0.15, -0.1) is 0 Å². The molecule has 28 heavy (non-hydrogen) atoms. The third-order valence-corrected chi connectivity index (χ3v) is 4.37. The number of carbonyl (C=O) groups is 1. The van der Waals surface area contributed by atoms with E-state index in [4.69, 9.17) is 4.74 Å². The van der Waals surface area contributed by atoms with Crippen molar-refractivity contribution in [3.8, 4) is 11.4 Å². The van der Waals surface area contributed by atoms with Crippen LogP contribution in [-0.2, 0) is 0 Å². The number of methoxy groups -OCH3 is 1. The molecule has 0 saturated heterocycles. The van der Waals surface area contributed by atoms with Crippen molar-refractivity contribution >= 4 is 22.4 Å². The van der Waals surface area contributed by atoms with E-state index in [1.165, 1.54) is 4.68 Å². The molecule has 0 bridgehead atoms. The van der Waals surface area contributed by atoms with Crippen LogP contribution in [0.5, 0.6) is 5.75 Å². The summed E-state index contributed by atoms with van der Waals surface area (Å²) >= 11 is 0. The Morgan fingerprint density at radius 1 is 0.893 bits per heavy atom. The second kappa shape index (κ2) is 7.36. The normalized spacial score (nSPS) is 10.6. The maximum Gasteiger partial charge on any atom is 0.279 e. The van der Waals surface area contributed by atoms with Crippen LogP contribution in [0.3, 0.4) is 0 Å². The molecule has 0 saturated carbocycles. The minimum absolute atomic E-state index is 0.176. The molecule has 6 nitrogen and oxygen atoms in total. The molecule has 4 rings (SSSR count). The first-order chi connectivity index (χ1) is 13.7. The highest BCUT2D eigenvalue weighted by Gasteiger charge is 2.17. The Morgan fingerprint density at radius 3 is 2.21 bits per heavy atom. The predicted octanol–water partition coefficient (Wildman–Crippen LogP) is 3.65. The van der Waals surface area contributed by atoms with Crippen molar-refractivity contribution in [3.05, 3.63) is 94.9 Å². The van der Waals surface area contributed by atoms with Crippen LogP contribution in [0.2, 0.25) is 0 Å². The van der Waals surface area contributed by atoms with E-state index in [0.717, 1.165) is 0 Å². The fraction of sp³-hybridized carbons (Fsp3) is 0.0455. The topological polar surface area (TPSA) is 73.2 Å². The van der Waals surface area contributed by atoms with E-state index in [1.807, 2.05) is 18.2 Å². The standard InChI is InChI=1S/C22H17N3O3/c1-28-17-13-11-15(12-14-17)23-21(26)20-18-9-5-6-10-19(18)22(27)25(24-20)16-7-3-2-4-8-16/h2-14H,1H3,(H,23,26). The maximum atomic E-state index is 13.0. The number of hydrogen-bond donors (Lipinski definition) is 1. The largest absolute Gasteiger partial charge is 0.497 e. The number of nitrogens with zero attached hydrogens (tertiary/aromatic N) is 2. The van der Waals surface area contributed by atoms with Gasteiger partial charge in [-0.05, 0) is 42.5 Å². The molecule has 4 aromatic rings. The summed E-state index contributed by atoms with van der Waals surface area (Å²) in [6, 6.07) is 23.0. The van der Waals surface area contributed by atoms with Crippen LogP contribution in [0, 0.1) is 0 Å². The number of nitrogens with one attached hydrogen (secondary N) is 1. The lowest BCUT2D eigenvalue weighted by Crippen LogP contribution is -2.26. The average Bonchev–Trinajstić information content (AvgIpc) is 2.75. The first-order valence-corrected chi connectivity index (χ1v) is 8.70. The van der Waals surface area contributed by atoms with Gasteiger partial charge in [0.05, 0.1) is 18.2 Å². The number of benzene rings is 3. The van der Waals surface area contributed by atoms with Crippen molar-refractivity contribution in [2.75, 3.05) is 12.4 Å². The van der Waals surface area contributed by atoms with Gasteiger partial charge in [0.2, 0.25) is 0 Å². The quantitative estimate of drug-likeness (QED) is 0.594. The van der Waals surface area contributed by atoms with Crippen molar-refractivity contribution < 1.29 is 9.53 Å². The molecule has 0 spiro atoms. The fourth-order valence-electron chi connectivity index (χ4n) is 2.97. The van der Waals surface area contributed by atoms with Gasteiger partial charge >= 0.3 is 0 Å². The van der Waals surface area contributed by atoms with E-state index in [1.54, 1.807) is 67.8 Å². The number of aromatic nitrogens is 2. The molecular weight excluding hydrogens is 354 g/mol. The fourth-order valence-corrected chi connectivity index (χ4v) is 2.97. The number of hydrogen-bond acceptors (Lipinski definition) is 4. The summed E-state index contributed by atoms with van der Waals surface area (Å²) in [5, 5.41) is 8.13.